The van der Waals surface area contributed by atoms with Gasteiger partial charge in [0.15, 0.2) is 11.0 Å². The topological polar surface area (TPSA) is 44.8 Å². The van der Waals surface area contributed by atoms with Crippen molar-refractivity contribution in [3.8, 4) is 0 Å². The first-order chi connectivity index (χ1) is 7.15. The highest BCUT2D eigenvalue weighted by atomic mass is 35.5. The molecule has 1 heterocycles. The van der Waals surface area contributed by atoms with Gasteiger partial charge in [0, 0.05) is 10.1 Å². The number of halogens is 2. The van der Waals surface area contributed by atoms with Crippen LogP contribution in [0.3, 0.4) is 0 Å². The SMILES string of the molecule is C=CCn1c2c(Cl)c(Cl)ccc2n[n+]1[O-]. The van der Waals surface area contributed by atoms with Crippen molar-refractivity contribution in [2.45, 2.75) is 6.54 Å². The number of rotatable bonds is 2. The number of benzene rings is 1. The van der Waals surface area contributed by atoms with Crippen LogP contribution in [-0.4, -0.2) is 9.78 Å². The minimum absolute atomic E-state index is 0.332. The zero-order valence-electron chi connectivity index (χ0n) is 7.65. The van der Waals surface area contributed by atoms with Gasteiger partial charge in [0.1, 0.15) is 6.54 Å². The van der Waals surface area contributed by atoms with Crippen molar-refractivity contribution in [2.75, 3.05) is 0 Å². The van der Waals surface area contributed by atoms with Crippen LogP contribution in [0.25, 0.3) is 11.0 Å². The molecule has 0 saturated carbocycles. The number of hydrogen-bond donors (Lipinski definition) is 0. The van der Waals surface area contributed by atoms with Crippen LogP contribution in [0.1, 0.15) is 0 Å². The first kappa shape index (κ1) is 10.3. The average Bonchev–Trinajstić information content (AvgIpc) is 2.51. The molecule has 6 heteroatoms. The Hall–Kier alpha value is -1.26. The Kier molecular flexibility index (Phi) is 2.54. The van der Waals surface area contributed by atoms with E-state index < -0.39 is 0 Å². The van der Waals surface area contributed by atoms with E-state index in [0.717, 1.165) is 0 Å². The molecule has 0 spiro atoms. The summed E-state index contributed by atoms with van der Waals surface area (Å²) in [5.74, 6) is 0. The van der Waals surface area contributed by atoms with Gasteiger partial charge in [-0.25, -0.2) is 0 Å². The summed E-state index contributed by atoms with van der Waals surface area (Å²) in [7, 11) is 0. The quantitative estimate of drug-likeness (QED) is 0.461. The summed E-state index contributed by atoms with van der Waals surface area (Å²) in [4.78, 5) is 0.481. The van der Waals surface area contributed by atoms with E-state index >= 15 is 0 Å². The third-order valence-electron chi connectivity index (χ3n) is 2.01. The maximum Gasteiger partial charge on any atom is 0.165 e. The van der Waals surface area contributed by atoms with E-state index in [4.69, 9.17) is 23.2 Å². The molecule has 0 saturated heterocycles. The van der Waals surface area contributed by atoms with E-state index in [2.05, 4.69) is 11.7 Å². The first-order valence-corrected chi connectivity index (χ1v) is 4.96. The van der Waals surface area contributed by atoms with E-state index in [0.29, 0.717) is 32.6 Å². The normalized spacial score (nSPS) is 10.8. The summed E-state index contributed by atoms with van der Waals surface area (Å²) in [6.07, 6.45) is 1.59. The van der Waals surface area contributed by atoms with Crippen molar-refractivity contribution >= 4 is 34.2 Å². The molecule has 0 bridgehead atoms. The van der Waals surface area contributed by atoms with Crippen LogP contribution in [0.5, 0.6) is 0 Å². The molecule has 78 valence electrons. The number of hydrogen-bond acceptors (Lipinski definition) is 2. The molecule has 0 N–H and O–H groups in total. The van der Waals surface area contributed by atoms with Crippen LogP contribution >= 0.6 is 23.2 Å². The molecule has 0 aliphatic rings. The molecule has 0 aliphatic carbocycles. The van der Waals surface area contributed by atoms with Crippen molar-refractivity contribution in [3.05, 3.63) is 40.0 Å². The molecule has 0 aliphatic heterocycles. The molecule has 15 heavy (non-hydrogen) atoms. The molecule has 0 amide bonds. The van der Waals surface area contributed by atoms with Crippen LogP contribution in [-0.2, 0) is 6.54 Å². The highest BCUT2D eigenvalue weighted by molar-refractivity contribution is 6.44. The third kappa shape index (κ3) is 1.56. The molecule has 1 aromatic carbocycles. The Morgan fingerprint density at radius 1 is 1.53 bits per heavy atom. The van der Waals surface area contributed by atoms with Crippen LogP contribution in [0.4, 0.5) is 0 Å². The summed E-state index contributed by atoms with van der Waals surface area (Å²) >= 11 is 11.9. The van der Waals surface area contributed by atoms with Crippen LogP contribution < -0.4 is 4.96 Å². The fourth-order valence-electron chi connectivity index (χ4n) is 1.37. The fraction of sp³-hybridized carbons (Fsp3) is 0.111. The summed E-state index contributed by atoms with van der Waals surface area (Å²) in [5.41, 5.74) is 1.04. The summed E-state index contributed by atoms with van der Waals surface area (Å²) in [5, 5.41) is 15.9. The van der Waals surface area contributed by atoms with Crippen molar-refractivity contribution in [1.82, 2.24) is 9.78 Å². The molecule has 1 aromatic heterocycles. The molecule has 4 nitrogen and oxygen atoms in total. The minimum atomic E-state index is 0.332. The molecular formula is C9H7Cl2N3O. The van der Waals surface area contributed by atoms with Crippen LogP contribution in [0.15, 0.2) is 24.8 Å². The van der Waals surface area contributed by atoms with Gasteiger partial charge >= 0.3 is 0 Å². The van der Waals surface area contributed by atoms with Crippen molar-refractivity contribution in [2.24, 2.45) is 0 Å². The second-order valence-electron chi connectivity index (χ2n) is 2.95. The van der Waals surface area contributed by atoms with Gasteiger partial charge in [0.25, 0.3) is 0 Å². The molecule has 2 aromatic rings. The van der Waals surface area contributed by atoms with Gasteiger partial charge in [-0.15, -0.1) is 11.3 Å². The standard InChI is InChI=1S/C9H7Cl2N3O/c1-2-5-13-9-7(12-14(13)15)4-3-6(10)8(9)11/h2-4H,1,5H2. The highest BCUT2D eigenvalue weighted by Crippen LogP contribution is 2.28. The van der Waals surface area contributed by atoms with E-state index in [1.165, 1.54) is 4.68 Å². The van der Waals surface area contributed by atoms with E-state index in [1.807, 2.05) is 0 Å². The maximum atomic E-state index is 11.4. The van der Waals surface area contributed by atoms with Crippen LogP contribution in [0.2, 0.25) is 10.0 Å². The molecule has 2 rings (SSSR count). The zero-order valence-corrected chi connectivity index (χ0v) is 9.16. The lowest BCUT2D eigenvalue weighted by Crippen LogP contribution is -2.39. The van der Waals surface area contributed by atoms with E-state index in [9.17, 15) is 5.21 Å². The van der Waals surface area contributed by atoms with E-state index in [-0.39, 0.29) is 0 Å². The number of fused-ring (bicyclic) bond motifs is 1. The summed E-state index contributed by atoms with van der Waals surface area (Å²) in [6.45, 7) is 3.89. The smallest absolute Gasteiger partial charge is 0.165 e. The highest BCUT2D eigenvalue weighted by Gasteiger charge is 2.17. The lowest BCUT2D eigenvalue weighted by Gasteiger charge is -1.99. The Bertz CT molecular complexity index is 536. The summed E-state index contributed by atoms with van der Waals surface area (Å²) in [6, 6.07) is 3.26. The van der Waals surface area contributed by atoms with Crippen molar-refractivity contribution < 1.29 is 4.96 Å². The van der Waals surface area contributed by atoms with Crippen molar-refractivity contribution in [3.63, 3.8) is 0 Å². The Morgan fingerprint density at radius 3 is 2.93 bits per heavy atom. The lowest BCUT2D eigenvalue weighted by atomic mass is 10.3. The zero-order chi connectivity index (χ0) is 11.0. The number of aromatic nitrogens is 3. The van der Waals surface area contributed by atoms with Gasteiger partial charge in [-0.3, -0.25) is 0 Å². The monoisotopic (exact) mass is 243 g/mol. The second kappa shape index (κ2) is 3.72. The Morgan fingerprint density at radius 2 is 2.27 bits per heavy atom. The van der Waals surface area contributed by atoms with Crippen molar-refractivity contribution in [1.29, 1.82) is 0 Å². The predicted molar refractivity (Wildman–Crippen MR) is 58.9 cm³/mol. The number of allylic oxidation sites excluding steroid dienone is 1. The molecule has 0 unspecified atom stereocenters. The molecular weight excluding hydrogens is 237 g/mol. The predicted octanol–water partition coefficient (Wildman–Crippen LogP) is 2.16. The molecule has 0 atom stereocenters. The van der Waals surface area contributed by atoms with Gasteiger partial charge in [-0.1, -0.05) is 29.3 Å². The largest absolute Gasteiger partial charge is 0.571 e. The molecule has 0 radical (unpaired) electrons. The summed E-state index contributed by atoms with van der Waals surface area (Å²) < 4.78 is 1.36. The minimum Gasteiger partial charge on any atom is -0.571 e. The van der Waals surface area contributed by atoms with Crippen LogP contribution in [0, 0.1) is 5.21 Å². The molecule has 0 fully saturated rings. The van der Waals surface area contributed by atoms with Gasteiger partial charge < -0.3 is 5.21 Å². The first-order valence-electron chi connectivity index (χ1n) is 4.20. The van der Waals surface area contributed by atoms with E-state index in [1.54, 1.807) is 18.2 Å². The fourth-order valence-corrected chi connectivity index (χ4v) is 1.78. The maximum absolute atomic E-state index is 11.4. The average molecular weight is 244 g/mol. The Labute approximate surface area is 95.9 Å². The van der Waals surface area contributed by atoms with Gasteiger partial charge in [-0.05, 0) is 12.1 Å². The number of nitrogens with zero attached hydrogens (tertiary/aromatic N) is 3. The van der Waals surface area contributed by atoms with Gasteiger partial charge in [-0.2, -0.15) is 0 Å². The second-order valence-corrected chi connectivity index (χ2v) is 3.74. The van der Waals surface area contributed by atoms with Gasteiger partial charge in [0.2, 0.25) is 0 Å². The van der Waals surface area contributed by atoms with Gasteiger partial charge in [0.05, 0.1) is 10.0 Å². The lowest BCUT2D eigenvalue weighted by molar-refractivity contribution is -0.745. The third-order valence-corrected chi connectivity index (χ3v) is 2.80. The Balaban J connectivity index is 2.83.